The third-order valence-corrected chi connectivity index (χ3v) is 6.92. The molecule has 1 atom stereocenters. The maximum atomic E-state index is 13.2. The number of carbonyl (C=O) groups is 3. The Bertz CT molecular complexity index is 1330. The van der Waals surface area contributed by atoms with Crippen LogP contribution >= 0.6 is 0 Å². The number of ether oxygens (including phenoxy) is 3. The number of rotatable bonds is 9. The molecule has 1 aliphatic heterocycles. The molecule has 0 radical (unpaired) electrons. The van der Waals surface area contributed by atoms with E-state index < -0.39 is 29.2 Å². The van der Waals surface area contributed by atoms with Gasteiger partial charge in [-0.3, -0.25) is 4.79 Å². The van der Waals surface area contributed by atoms with Gasteiger partial charge < -0.3 is 19.5 Å². The second kappa shape index (κ2) is 11.8. The van der Waals surface area contributed by atoms with E-state index in [-0.39, 0.29) is 5.91 Å². The molecule has 0 bridgehead atoms. The van der Waals surface area contributed by atoms with Gasteiger partial charge in [0, 0.05) is 5.69 Å². The van der Waals surface area contributed by atoms with Gasteiger partial charge >= 0.3 is 12.0 Å². The van der Waals surface area contributed by atoms with Crippen LogP contribution in [0, 0.1) is 5.41 Å². The zero-order valence-electron chi connectivity index (χ0n) is 23.6. The van der Waals surface area contributed by atoms with E-state index in [1.807, 2.05) is 44.2 Å². The normalized spacial score (nSPS) is 16.1. The maximum Gasteiger partial charge on any atom is 0.338 e. The first-order valence-electron chi connectivity index (χ1n) is 13.5. The largest absolute Gasteiger partial charge is 0.489 e. The molecule has 0 aromatic heterocycles. The van der Waals surface area contributed by atoms with Crippen LogP contribution in [0.25, 0.3) is 0 Å². The summed E-state index contributed by atoms with van der Waals surface area (Å²) in [6, 6.07) is 22.7. The zero-order valence-corrected chi connectivity index (χ0v) is 23.6. The molecule has 0 spiro atoms. The molecule has 3 amide bonds. The van der Waals surface area contributed by atoms with Crippen molar-refractivity contribution in [1.82, 2.24) is 4.90 Å². The summed E-state index contributed by atoms with van der Waals surface area (Å²) in [4.78, 5) is 39.9. The molecule has 4 rings (SSSR count). The Morgan fingerprint density at radius 3 is 2.05 bits per heavy atom. The number of nitrogens with one attached hydrogen (secondary N) is 1. The molecule has 210 valence electrons. The van der Waals surface area contributed by atoms with Crippen molar-refractivity contribution < 1.29 is 28.6 Å². The lowest BCUT2D eigenvalue weighted by Gasteiger charge is -2.53. The molecule has 1 N–H and O–H groups in total. The predicted molar refractivity (Wildman–Crippen MR) is 152 cm³/mol. The first-order chi connectivity index (χ1) is 19.1. The average Bonchev–Trinajstić information content (AvgIpc) is 2.93. The quantitative estimate of drug-likeness (QED) is 0.235. The minimum Gasteiger partial charge on any atom is -0.489 e. The van der Waals surface area contributed by atoms with Gasteiger partial charge in [0.05, 0.1) is 5.56 Å². The monoisotopic (exact) mass is 544 g/mol. The minimum absolute atomic E-state index is 0.284. The van der Waals surface area contributed by atoms with Crippen LogP contribution in [-0.4, -0.2) is 34.6 Å². The van der Waals surface area contributed by atoms with Crippen molar-refractivity contribution in [2.75, 3.05) is 5.32 Å². The zero-order chi connectivity index (χ0) is 28.9. The minimum atomic E-state index is -0.823. The first-order valence-corrected chi connectivity index (χ1v) is 13.5. The number of hydrogen-bond donors (Lipinski definition) is 1. The number of likely N-dealkylation sites (tertiary alicyclic amines) is 1. The van der Waals surface area contributed by atoms with E-state index in [1.165, 1.54) is 0 Å². The van der Waals surface area contributed by atoms with Gasteiger partial charge in [0.1, 0.15) is 29.1 Å². The Kier molecular flexibility index (Phi) is 8.47. The molecule has 3 aromatic carbocycles. The summed E-state index contributed by atoms with van der Waals surface area (Å²) in [5, 5.41) is 2.79. The number of benzene rings is 3. The fourth-order valence-corrected chi connectivity index (χ4v) is 4.59. The summed E-state index contributed by atoms with van der Waals surface area (Å²) in [5.41, 5.74) is 0.531. The van der Waals surface area contributed by atoms with Crippen LogP contribution in [0.1, 0.15) is 63.4 Å². The van der Waals surface area contributed by atoms with Crippen molar-refractivity contribution in [2.45, 2.75) is 65.9 Å². The summed E-state index contributed by atoms with van der Waals surface area (Å²) in [5.74, 6) is 0.378. The van der Waals surface area contributed by atoms with Gasteiger partial charge in [-0.05, 0) is 87.7 Å². The molecule has 1 heterocycles. The van der Waals surface area contributed by atoms with Gasteiger partial charge in [-0.25, -0.2) is 14.5 Å². The van der Waals surface area contributed by atoms with E-state index in [9.17, 15) is 14.4 Å². The van der Waals surface area contributed by atoms with E-state index in [4.69, 9.17) is 14.2 Å². The molecule has 8 heteroatoms. The molecule has 0 aliphatic carbocycles. The van der Waals surface area contributed by atoms with Gasteiger partial charge in [-0.15, -0.1) is 0 Å². The highest BCUT2D eigenvalue weighted by molar-refractivity contribution is 6.07. The molecule has 1 unspecified atom stereocenters. The number of amides is 3. The Labute approximate surface area is 235 Å². The van der Waals surface area contributed by atoms with E-state index in [0.29, 0.717) is 42.2 Å². The van der Waals surface area contributed by atoms with Crippen LogP contribution in [0.15, 0.2) is 78.9 Å². The van der Waals surface area contributed by atoms with E-state index in [2.05, 4.69) is 5.32 Å². The van der Waals surface area contributed by atoms with Gasteiger partial charge in [-0.2, -0.15) is 0 Å². The number of imide groups is 1. The molecule has 1 fully saturated rings. The van der Waals surface area contributed by atoms with Gasteiger partial charge in [0.25, 0.3) is 0 Å². The smallest absolute Gasteiger partial charge is 0.338 e. The van der Waals surface area contributed by atoms with Crippen molar-refractivity contribution >= 4 is 23.6 Å². The maximum absolute atomic E-state index is 13.2. The van der Waals surface area contributed by atoms with E-state index in [0.717, 1.165) is 10.5 Å². The Balaban J connectivity index is 1.42. The van der Waals surface area contributed by atoms with Crippen molar-refractivity contribution in [3.63, 3.8) is 0 Å². The van der Waals surface area contributed by atoms with Crippen molar-refractivity contribution in [2.24, 2.45) is 5.41 Å². The van der Waals surface area contributed by atoms with Crippen LogP contribution in [0.5, 0.6) is 11.5 Å². The van der Waals surface area contributed by atoms with Crippen LogP contribution < -0.4 is 14.8 Å². The summed E-state index contributed by atoms with van der Waals surface area (Å²) in [6.07, 6.45) is 0.233. The van der Waals surface area contributed by atoms with Crippen LogP contribution in [0.2, 0.25) is 0 Å². The van der Waals surface area contributed by atoms with Gasteiger partial charge in [-0.1, -0.05) is 44.2 Å². The lowest BCUT2D eigenvalue weighted by atomic mass is 9.72. The van der Waals surface area contributed by atoms with E-state index >= 15 is 0 Å². The number of anilines is 1. The highest BCUT2D eigenvalue weighted by atomic mass is 16.6. The Morgan fingerprint density at radius 1 is 0.875 bits per heavy atom. The second-order valence-corrected chi connectivity index (χ2v) is 10.8. The third-order valence-electron chi connectivity index (χ3n) is 6.92. The van der Waals surface area contributed by atoms with Crippen LogP contribution in [0.3, 0.4) is 0 Å². The summed E-state index contributed by atoms with van der Waals surface area (Å²) in [6.45, 7) is 9.67. The summed E-state index contributed by atoms with van der Waals surface area (Å²) >= 11 is 0. The highest BCUT2D eigenvalue weighted by Crippen LogP contribution is 2.46. The lowest BCUT2D eigenvalue weighted by Crippen LogP contribution is -2.73. The number of carbonyl (C=O) groups excluding carboxylic acids is 3. The third kappa shape index (κ3) is 6.28. The van der Waals surface area contributed by atoms with Gasteiger partial charge in [0.15, 0.2) is 6.23 Å². The standard InChI is InChI=1S/C32H36N2O6/c1-6-32(7-2)28(36)34(29(32)39-26-17-13-23(14-18-26)27(35)40-31(3,4)5)30(37)33-24-15-19-25(20-16-24)38-21-22-11-9-8-10-12-22/h8-20,29H,6-7,21H2,1-5H3,(H,33,37). The van der Waals surface area contributed by atoms with Crippen molar-refractivity contribution in [3.8, 4) is 11.5 Å². The topological polar surface area (TPSA) is 94.2 Å². The number of β-lactam (4-membered cyclic amide) rings is 1. The molecule has 40 heavy (non-hydrogen) atoms. The fraction of sp³-hybridized carbons (Fsp3) is 0.344. The molecule has 1 aliphatic rings. The summed E-state index contributed by atoms with van der Waals surface area (Å²) < 4.78 is 17.4. The lowest BCUT2D eigenvalue weighted by molar-refractivity contribution is -0.190. The highest BCUT2D eigenvalue weighted by Gasteiger charge is 2.63. The van der Waals surface area contributed by atoms with Gasteiger partial charge in [0.2, 0.25) is 5.91 Å². The van der Waals surface area contributed by atoms with Crippen molar-refractivity contribution in [1.29, 1.82) is 0 Å². The molecule has 0 saturated carbocycles. The number of urea groups is 1. The summed E-state index contributed by atoms with van der Waals surface area (Å²) in [7, 11) is 0. The number of hydrogen-bond acceptors (Lipinski definition) is 6. The molecule has 1 saturated heterocycles. The van der Waals surface area contributed by atoms with E-state index in [1.54, 1.807) is 69.3 Å². The molecular formula is C32H36N2O6. The SMILES string of the molecule is CCC1(CC)C(=O)N(C(=O)Nc2ccc(OCc3ccccc3)cc2)C1Oc1ccc(C(=O)OC(C)(C)C)cc1. The van der Waals surface area contributed by atoms with Crippen LogP contribution in [0.4, 0.5) is 10.5 Å². The number of esters is 1. The van der Waals surface area contributed by atoms with Crippen LogP contribution in [-0.2, 0) is 16.1 Å². The molecular weight excluding hydrogens is 508 g/mol. The molecule has 8 nitrogen and oxygen atoms in total. The Hall–Kier alpha value is -4.33. The number of nitrogens with zero attached hydrogens (tertiary/aromatic N) is 1. The van der Waals surface area contributed by atoms with Crippen molar-refractivity contribution in [3.05, 3.63) is 90.0 Å². The predicted octanol–water partition coefficient (Wildman–Crippen LogP) is 6.81. The first kappa shape index (κ1) is 28.7. The molecule has 3 aromatic rings. The Morgan fingerprint density at radius 2 is 1.48 bits per heavy atom. The average molecular weight is 545 g/mol. The second-order valence-electron chi connectivity index (χ2n) is 10.8. The fourth-order valence-electron chi connectivity index (χ4n) is 4.59.